The van der Waals surface area contributed by atoms with Crippen LogP contribution in [0, 0.1) is 11.3 Å². The van der Waals surface area contributed by atoms with E-state index in [1.54, 1.807) is 12.4 Å². The Morgan fingerprint density at radius 1 is 1.17 bits per heavy atom. The fourth-order valence-electron chi connectivity index (χ4n) is 3.02. The third-order valence-corrected chi connectivity index (χ3v) is 4.19. The minimum absolute atomic E-state index is 0.335. The van der Waals surface area contributed by atoms with E-state index in [1.165, 1.54) is 0 Å². The van der Waals surface area contributed by atoms with Gasteiger partial charge in [0, 0.05) is 18.8 Å². The van der Waals surface area contributed by atoms with Crippen molar-refractivity contribution < 1.29 is 4.42 Å². The molecule has 0 N–H and O–H groups in total. The predicted octanol–water partition coefficient (Wildman–Crippen LogP) is 3.28. The van der Waals surface area contributed by atoms with Crippen molar-refractivity contribution in [3.63, 3.8) is 0 Å². The van der Waals surface area contributed by atoms with Crippen LogP contribution in [0.2, 0.25) is 0 Å². The molecule has 23 heavy (non-hydrogen) atoms. The van der Waals surface area contributed by atoms with Crippen molar-refractivity contribution >= 4 is 0 Å². The first kappa shape index (κ1) is 13.6. The maximum atomic E-state index is 9.00. The monoisotopic (exact) mass is 302 g/mol. The average Bonchev–Trinajstić information content (AvgIpc) is 3.06. The van der Waals surface area contributed by atoms with Gasteiger partial charge in [-0.3, -0.25) is 4.98 Å². The summed E-state index contributed by atoms with van der Waals surface area (Å²) in [4.78, 5) is 12.9. The molecular weight excluding hydrogens is 288 g/mol. The van der Waals surface area contributed by atoms with Crippen LogP contribution in [0.25, 0.3) is 11.6 Å². The van der Waals surface area contributed by atoms with E-state index in [0.29, 0.717) is 17.5 Å². The molecular formula is C18H14N4O. The van der Waals surface area contributed by atoms with Gasteiger partial charge in [-0.15, -0.1) is 0 Å². The molecule has 3 aromatic heterocycles. The highest BCUT2D eigenvalue weighted by molar-refractivity contribution is 5.47. The van der Waals surface area contributed by atoms with Crippen LogP contribution in [-0.4, -0.2) is 15.0 Å². The molecule has 3 heterocycles. The molecule has 5 nitrogen and oxygen atoms in total. The van der Waals surface area contributed by atoms with E-state index in [1.807, 2.05) is 30.3 Å². The van der Waals surface area contributed by atoms with Crippen molar-refractivity contribution in [1.82, 2.24) is 15.0 Å². The van der Waals surface area contributed by atoms with Gasteiger partial charge in [-0.1, -0.05) is 6.07 Å². The number of rotatable bonds is 2. The summed E-state index contributed by atoms with van der Waals surface area (Å²) in [5.41, 5.74) is 3.38. The van der Waals surface area contributed by atoms with Gasteiger partial charge >= 0.3 is 0 Å². The van der Waals surface area contributed by atoms with Gasteiger partial charge in [0.25, 0.3) is 0 Å². The van der Waals surface area contributed by atoms with Gasteiger partial charge in [0.15, 0.2) is 0 Å². The Balaban J connectivity index is 1.62. The van der Waals surface area contributed by atoms with E-state index in [2.05, 4.69) is 21.0 Å². The molecule has 0 saturated heterocycles. The molecule has 0 radical (unpaired) electrons. The second-order valence-corrected chi connectivity index (χ2v) is 5.63. The smallest absolute Gasteiger partial charge is 0.245 e. The third-order valence-electron chi connectivity index (χ3n) is 4.19. The maximum Gasteiger partial charge on any atom is 0.245 e. The summed E-state index contributed by atoms with van der Waals surface area (Å²) < 4.78 is 5.95. The van der Waals surface area contributed by atoms with Gasteiger partial charge in [0.05, 0.1) is 5.69 Å². The van der Waals surface area contributed by atoms with Crippen LogP contribution >= 0.6 is 0 Å². The number of hydrogen-bond acceptors (Lipinski definition) is 5. The number of aromatic nitrogens is 3. The Morgan fingerprint density at radius 2 is 2.13 bits per heavy atom. The summed E-state index contributed by atoms with van der Waals surface area (Å²) in [6, 6.07) is 11.6. The first-order valence-electron chi connectivity index (χ1n) is 7.59. The third kappa shape index (κ3) is 2.59. The lowest BCUT2D eigenvalue weighted by molar-refractivity contribution is 0.457. The minimum atomic E-state index is 0.335. The molecule has 0 bridgehead atoms. The zero-order valence-electron chi connectivity index (χ0n) is 12.4. The lowest BCUT2D eigenvalue weighted by Crippen LogP contribution is -2.12. The highest BCUT2D eigenvalue weighted by atomic mass is 16.4. The fourth-order valence-corrected chi connectivity index (χ4v) is 3.02. The predicted molar refractivity (Wildman–Crippen MR) is 83.5 cm³/mol. The number of nitriles is 1. The lowest BCUT2D eigenvalue weighted by atomic mass is 9.85. The molecule has 0 aliphatic heterocycles. The number of oxazole rings is 1. The average molecular weight is 302 g/mol. The first-order valence-corrected chi connectivity index (χ1v) is 7.59. The van der Waals surface area contributed by atoms with Gasteiger partial charge in [-0.25, -0.2) is 9.97 Å². The van der Waals surface area contributed by atoms with Gasteiger partial charge in [-0.2, -0.15) is 5.26 Å². The van der Waals surface area contributed by atoms with E-state index >= 15 is 0 Å². The van der Waals surface area contributed by atoms with Crippen molar-refractivity contribution in [2.45, 2.75) is 25.2 Å². The van der Waals surface area contributed by atoms with Gasteiger partial charge in [0.2, 0.25) is 5.89 Å². The first-order chi connectivity index (χ1) is 11.3. The Bertz CT molecular complexity index is 880. The van der Waals surface area contributed by atoms with Crippen LogP contribution < -0.4 is 0 Å². The van der Waals surface area contributed by atoms with Crippen molar-refractivity contribution in [3.8, 4) is 17.7 Å². The quantitative estimate of drug-likeness (QED) is 0.726. The summed E-state index contributed by atoms with van der Waals surface area (Å²) in [7, 11) is 0. The highest BCUT2D eigenvalue weighted by Gasteiger charge is 2.26. The molecule has 3 aromatic rings. The molecule has 112 valence electrons. The summed E-state index contributed by atoms with van der Waals surface area (Å²) in [6.45, 7) is 0. The van der Waals surface area contributed by atoms with E-state index in [-0.39, 0.29) is 0 Å². The van der Waals surface area contributed by atoms with E-state index in [4.69, 9.17) is 9.68 Å². The summed E-state index contributed by atoms with van der Waals surface area (Å²) in [6.07, 6.45) is 6.10. The van der Waals surface area contributed by atoms with Crippen molar-refractivity contribution in [3.05, 3.63) is 65.4 Å². The number of nitrogens with zero attached hydrogens (tertiary/aromatic N) is 4. The largest absolute Gasteiger partial charge is 0.440 e. The van der Waals surface area contributed by atoms with Crippen LogP contribution in [0.15, 0.2) is 47.1 Å². The van der Waals surface area contributed by atoms with Crippen molar-refractivity contribution in [2.75, 3.05) is 0 Å². The number of hydrogen-bond donors (Lipinski definition) is 0. The Labute approximate surface area is 133 Å². The van der Waals surface area contributed by atoms with Crippen LogP contribution in [0.5, 0.6) is 0 Å². The maximum absolute atomic E-state index is 9.00. The fraction of sp³-hybridized carbons (Fsp3) is 0.222. The summed E-state index contributed by atoms with van der Waals surface area (Å²) in [5.74, 6) is 1.85. The molecule has 0 saturated carbocycles. The van der Waals surface area contributed by atoms with Gasteiger partial charge < -0.3 is 4.42 Å². The number of aryl methyl sites for hydroxylation is 1. The van der Waals surface area contributed by atoms with Crippen LogP contribution in [0.4, 0.5) is 0 Å². The second kappa shape index (κ2) is 5.65. The molecule has 4 rings (SSSR count). The SMILES string of the molecule is N#Cc1cc(C2CCc3nc(-c4ccccn4)oc3C2)ccn1. The molecule has 5 heteroatoms. The zero-order chi connectivity index (χ0) is 15.6. The molecule has 1 atom stereocenters. The van der Waals surface area contributed by atoms with Crippen LogP contribution in [-0.2, 0) is 12.8 Å². The normalized spacial score (nSPS) is 16.6. The highest BCUT2D eigenvalue weighted by Crippen LogP contribution is 2.34. The Kier molecular flexibility index (Phi) is 3.35. The van der Waals surface area contributed by atoms with Crippen molar-refractivity contribution in [1.29, 1.82) is 5.26 Å². The molecule has 1 aliphatic rings. The van der Waals surface area contributed by atoms with E-state index in [9.17, 15) is 0 Å². The molecule has 1 aliphatic carbocycles. The van der Waals surface area contributed by atoms with E-state index < -0.39 is 0 Å². The molecule has 1 unspecified atom stereocenters. The number of fused-ring (bicyclic) bond motifs is 1. The van der Waals surface area contributed by atoms with Crippen molar-refractivity contribution in [2.24, 2.45) is 0 Å². The molecule has 0 fully saturated rings. The second-order valence-electron chi connectivity index (χ2n) is 5.63. The van der Waals surface area contributed by atoms with Gasteiger partial charge in [-0.05, 0) is 48.6 Å². The summed E-state index contributed by atoms with van der Waals surface area (Å²) >= 11 is 0. The molecule has 0 amide bonds. The number of pyridine rings is 2. The van der Waals surface area contributed by atoms with E-state index in [0.717, 1.165) is 42.0 Å². The zero-order valence-corrected chi connectivity index (χ0v) is 12.4. The van der Waals surface area contributed by atoms with Crippen LogP contribution in [0.3, 0.4) is 0 Å². The molecule has 0 aromatic carbocycles. The minimum Gasteiger partial charge on any atom is -0.440 e. The summed E-state index contributed by atoms with van der Waals surface area (Å²) in [5, 5.41) is 9.00. The van der Waals surface area contributed by atoms with Crippen LogP contribution in [0.1, 0.15) is 35.1 Å². The Morgan fingerprint density at radius 3 is 2.96 bits per heavy atom. The topological polar surface area (TPSA) is 75.6 Å². The standard InChI is InChI=1S/C18H14N4O/c19-11-14-9-13(6-8-20-14)12-4-5-15-17(10-12)23-18(22-15)16-3-1-2-7-21-16/h1-3,6-9,12H,4-5,10H2. The molecule has 0 spiro atoms. The Hall–Kier alpha value is -3.00. The van der Waals surface area contributed by atoms with Gasteiger partial charge in [0.1, 0.15) is 23.2 Å². The lowest BCUT2D eigenvalue weighted by Gasteiger charge is -2.20.